The molecule has 0 heterocycles. The summed E-state index contributed by atoms with van der Waals surface area (Å²) < 4.78 is 3.92. The molecule has 0 aliphatic heterocycles. The van der Waals surface area contributed by atoms with Gasteiger partial charge in [-0.15, -0.1) is 0 Å². The van der Waals surface area contributed by atoms with Crippen LogP contribution in [0.1, 0.15) is 27.7 Å². The summed E-state index contributed by atoms with van der Waals surface area (Å²) in [5.74, 6) is -1.33. The first-order chi connectivity index (χ1) is 7.53. The maximum Gasteiger partial charge on any atom is 0.333 e. The number of carboxylic acid groups (broad SMARTS) is 1. The Bertz CT molecular complexity index is 284. The van der Waals surface area contributed by atoms with E-state index in [2.05, 4.69) is 23.9 Å². The molecule has 6 heteroatoms. The van der Waals surface area contributed by atoms with Crippen LogP contribution in [-0.4, -0.2) is 34.4 Å². The van der Waals surface area contributed by atoms with Crippen molar-refractivity contribution in [2.45, 2.75) is 38.5 Å². The molecule has 0 saturated heterocycles. The van der Waals surface area contributed by atoms with Gasteiger partial charge in [-0.25, -0.2) is 4.79 Å². The molecular weight excluding hydrogens is 242 g/mol. The fraction of sp³-hybridized carbons (Fsp3) is 0.636. The molecule has 0 radical (unpaired) electrons. The van der Waals surface area contributed by atoms with Crippen LogP contribution < -0.4 is 5.73 Å². The van der Waals surface area contributed by atoms with Crippen molar-refractivity contribution in [3.8, 4) is 0 Å². The number of aliphatic carboxylic acids is 1. The Morgan fingerprint density at radius 2 is 1.94 bits per heavy atom. The van der Waals surface area contributed by atoms with Crippen molar-refractivity contribution >= 4 is 24.6 Å². The van der Waals surface area contributed by atoms with Crippen molar-refractivity contribution in [1.29, 1.82) is 0 Å². The third-order valence-corrected chi connectivity index (χ3v) is 1.93. The van der Waals surface area contributed by atoms with Crippen LogP contribution in [0.4, 0.5) is 0 Å². The molecule has 0 spiro atoms. The van der Waals surface area contributed by atoms with Crippen LogP contribution in [0.25, 0.3) is 0 Å². The van der Waals surface area contributed by atoms with Crippen LogP contribution in [0.15, 0.2) is 12.2 Å². The number of thiol groups is 1. The first-order valence-corrected chi connectivity index (χ1v) is 5.52. The standard InChI is InChI=1S/C6H10O2.C5H11NO2S/c1-4-8-6(7)5(2)3;1-5(2,9)3(6)4(7)8/h2,4H2,1,3H3;3,9H,6H2,1-2H3,(H,7,8)/t;3-/m.0/s1. The van der Waals surface area contributed by atoms with Crippen LogP contribution in [0, 0.1) is 0 Å². The minimum Gasteiger partial charge on any atom is -0.480 e. The second kappa shape index (κ2) is 8.14. The van der Waals surface area contributed by atoms with Gasteiger partial charge >= 0.3 is 11.9 Å². The van der Waals surface area contributed by atoms with E-state index in [1.807, 2.05) is 0 Å². The van der Waals surface area contributed by atoms with Crippen molar-refractivity contribution in [2.24, 2.45) is 5.73 Å². The zero-order valence-corrected chi connectivity index (χ0v) is 11.6. The summed E-state index contributed by atoms with van der Waals surface area (Å²) in [6.45, 7) is 10.5. The molecule has 0 aromatic rings. The minimum atomic E-state index is -1.02. The SMILES string of the molecule is C=C(C)C(=O)OCC.CC(C)(S)[C@@H](N)C(=O)O. The van der Waals surface area contributed by atoms with E-state index >= 15 is 0 Å². The maximum absolute atomic E-state index is 10.4. The zero-order valence-electron chi connectivity index (χ0n) is 10.7. The van der Waals surface area contributed by atoms with Crippen molar-refractivity contribution in [3.05, 3.63) is 12.2 Å². The lowest BCUT2D eigenvalue weighted by Gasteiger charge is -2.21. The molecule has 0 aromatic heterocycles. The van der Waals surface area contributed by atoms with E-state index in [0.29, 0.717) is 12.2 Å². The van der Waals surface area contributed by atoms with E-state index < -0.39 is 16.8 Å². The van der Waals surface area contributed by atoms with E-state index in [1.54, 1.807) is 27.7 Å². The highest BCUT2D eigenvalue weighted by Crippen LogP contribution is 2.15. The summed E-state index contributed by atoms with van der Waals surface area (Å²) in [6.07, 6.45) is 0. The monoisotopic (exact) mass is 263 g/mol. The molecular formula is C11H21NO4S. The molecule has 0 rings (SSSR count). The number of carboxylic acids is 1. The number of nitrogens with two attached hydrogens (primary N) is 1. The van der Waals surface area contributed by atoms with Crippen LogP contribution in [0.2, 0.25) is 0 Å². The van der Waals surface area contributed by atoms with Crippen molar-refractivity contribution < 1.29 is 19.4 Å². The van der Waals surface area contributed by atoms with Crippen LogP contribution in [0.5, 0.6) is 0 Å². The second-order valence-electron chi connectivity index (χ2n) is 3.97. The molecule has 0 bridgehead atoms. The van der Waals surface area contributed by atoms with Crippen LogP contribution in [-0.2, 0) is 14.3 Å². The fourth-order valence-corrected chi connectivity index (χ4v) is 0.667. The van der Waals surface area contributed by atoms with Gasteiger partial charge in [0.2, 0.25) is 0 Å². The number of rotatable bonds is 4. The van der Waals surface area contributed by atoms with E-state index in [0.717, 1.165) is 0 Å². The van der Waals surface area contributed by atoms with Gasteiger partial charge in [0.15, 0.2) is 0 Å². The predicted molar refractivity (Wildman–Crippen MR) is 70.1 cm³/mol. The largest absolute Gasteiger partial charge is 0.480 e. The molecule has 1 atom stereocenters. The predicted octanol–water partition coefficient (Wildman–Crippen LogP) is 1.23. The first-order valence-electron chi connectivity index (χ1n) is 5.07. The Morgan fingerprint density at radius 1 is 1.53 bits per heavy atom. The summed E-state index contributed by atoms with van der Waals surface area (Å²) in [5, 5.41) is 8.34. The van der Waals surface area contributed by atoms with Crippen LogP contribution >= 0.6 is 12.6 Å². The van der Waals surface area contributed by atoms with Gasteiger partial charge in [-0.05, 0) is 27.7 Å². The molecule has 0 saturated carbocycles. The summed E-state index contributed by atoms with van der Waals surface area (Å²) in [7, 11) is 0. The Hall–Kier alpha value is -1.01. The minimum absolute atomic E-state index is 0.312. The highest BCUT2D eigenvalue weighted by molar-refractivity contribution is 7.81. The molecule has 0 fully saturated rings. The highest BCUT2D eigenvalue weighted by Gasteiger charge is 2.27. The Morgan fingerprint density at radius 3 is 2.00 bits per heavy atom. The van der Waals surface area contributed by atoms with Gasteiger partial charge in [-0.3, -0.25) is 4.79 Å². The van der Waals surface area contributed by atoms with Crippen molar-refractivity contribution in [2.75, 3.05) is 6.61 Å². The topological polar surface area (TPSA) is 89.6 Å². The number of esters is 1. The summed E-state index contributed by atoms with van der Waals surface area (Å²) in [5.41, 5.74) is 5.67. The third kappa shape index (κ3) is 9.89. The number of carbonyl (C=O) groups is 2. The first kappa shape index (κ1) is 18.4. The Kier molecular flexibility index (Phi) is 8.79. The van der Waals surface area contributed by atoms with Gasteiger partial charge in [0.25, 0.3) is 0 Å². The summed E-state index contributed by atoms with van der Waals surface area (Å²) >= 11 is 3.98. The van der Waals surface area contributed by atoms with E-state index in [4.69, 9.17) is 10.8 Å². The lowest BCUT2D eigenvalue weighted by atomic mass is 10.1. The Balaban J connectivity index is 0. The average Bonchev–Trinajstić information content (AvgIpc) is 2.16. The second-order valence-corrected chi connectivity index (χ2v) is 5.12. The maximum atomic E-state index is 10.4. The molecule has 0 aliphatic rings. The fourth-order valence-electron chi connectivity index (χ4n) is 0.556. The molecule has 0 aromatic carbocycles. The van der Waals surface area contributed by atoms with E-state index in [-0.39, 0.29) is 5.97 Å². The lowest BCUT2D eigenvalue weighted by Crippen LogP contribution is -2.45. The highest BCUT2D eigenvalue weighted by atomic mass is 32.1. The zero-order chi connectivity index (χ0) is 14.2. The summed E-state index contributed by atoms with van der Waals surface area (Å²) in [6, 6.07) is -0.902. The molecule has 0 amide bonds. The van der Waals surface area contributed by atoms with Gasteiger partial charge in [0, 0.05) is 10.3 Å². The number of hydrogen-bond acceptors (Lipinski definition) is 5. The quantitative estimate of drug-likeness (QED) is 0.403. The molecule has 3 N–H and O–H groups in total. The van der Waals surface area contributed by atoms with Crippen LogP contribution in [0.3, 0.4) is 0 Å². The average molecular weight is 263 g/mol. The number of ether oxygens (including phenoxy) is 1. The van der Waals surface area contributed by atoms with E-state index in [9.17, 15) is 9.59 Å². The van der Waals surface area contributed by atoms with Crippen molar-refractivity contribution in [3.63, 3.8) is 0 Å². The Labute approximate surface area is 107 Å². The van der Waals surface area contributed by atoms with Gasteiger partial charge < -0.3 is 15.6 Å². The van der Waals surface area contributed by atoms with Crippen molar-refractivity contribution in [1.82, 2.24) is 0 Å². The number of carbonyl (C=O) groups excluding carboxylic acids is 1. The van der Waals surface area contributed by atoms with Gasteiger partial charge in [-0.2, -0.15) is 12.6 Å². The molecule has 100 valence electrons. The third-order valence-electron chi connectivity index (χ3n) is 1.65. The summed E-state index contributed by atoms with van der Waals surface area (Å²) in [4.78, 5) is 20.6. The molecule has 0 aliphatic carbocycles. The smallest absolute Gasteiger partial charge is 0.333 e. The normalized spacial score (nSPS) is 11.9. The van der Waals surface area contributed by atoms with Gasteiger partial charge in [0.05, 0.1) is 6.61 Å². The molecule has 0 unspecified atom stereocenters. The number of hydrogen-bond donors (Lipinski definition) is 3. The van der Waals surface area contributed by atoms with E-state index in [1.165, 1.54) is 0 Å². The van der Waals surface area contributed by atoms with Gasteiger partial charge in [0.1, 0.15) is 6.04 Å². The molecule has 17 heavy (non-hydrogen) atoms. The lowest BCUT2D eigenvalue weighted by molar-refractivity contribution is -0.139. The molecule has 5 nitrogen and oxygen atoms in total. The van der Waals surface area contributed by atoms with Gasteiger partial charge in [-0.1, -0.05) is 6.58 Å².